The first-order valence-corrected chi connectivity index (χ1v) is 1.92. The summed E-state index contributed by atoms with van der Waals surface area (Å²) in [5.74, 6) is -0.657. The van der Waals surface area contributed by atoms with Crippen LogP contribution in [0.15, 0.2) is 39.3 Å². The summed E-state index contributed by atoms with van der Waals surface area (Å²) in [5.41, 5.74) is 0. The Hall–Kier alpha value is -1.25. The van der Waals surface area contributed by atoms with Crippen LogP contribution in [0.25, 0.3) is 0 Å². The number of rotatable bonds is 0. The molecule has 0 saturated carbocycles. The van der Waals surface area contributed by atoms with Gasteiger partial charge in [-0.2, -0.15) is 0 Å². The molecule has 0 aliphatic heterocycles. The third-order valence-corrected chi connectivity index (χ3v) is 0.384. The molecule has 3 nitrogen and oxygen atoms in total. The summed E-state index contributed by atoms with van der Waals surface area (Å²) in [4.78, 5) is 9.74. The van der Waals surface area contributed by atoms with E-state index in [4.69, 9.17) is 0 Å². The minimum Gasteiger partial charge on any atom is -0.399 e. The second-order valence-corrected chi connectivity index (χ2v) is 0.758. The summed E-state index contributed by atoms with van der Waals surface area (Å²) in [6, 6.07) is 0. The van der Waals surface area contributed by atoms with Crippen LogP contribution >= 0.6 is 0 Å². The maximum absolute atomic E-state index is 9.74. The second kappa shape index (κ2) is 3.92. The molecule has 0 saturated heterocycles. The van der Waals surface area contributed by atoms with Crippen molar-refractivity contribution in [1.82, 2.24) is 0 Å². The van der Waals surface area contributed by atoms with Gasteiger partial charge in [0.05, 0.1) is 0 Å². The fourth-order valence-electron chi connectivity index (χ4n) is 0.194. The van der Waals surface area contributed by atoms with Crippen LogP contribution in [0.2, 0.25) is 0 Å². The molecule has 0 bridgehead atoms. The van der Waals surface area contributed by atoms with E-state index in [1.165, 1.54) is 12.5 Å². The Balaban J connectivity index is 0.000000222. The molecule has 0 fully saturated rings. The van der Waals surface area contributed by atoms with Gasteiger partial charge in [0, 0.05) is 0 Å². The quantitative estimate of drug-likeness (QED) is 0.473. The molecular formula is C5H6O3. The van der Waals surface area contributed by atoms with E-state index in [0.717, 1.165) is 0 Å². The fourth-order valence-corrected chi connectivity index (χ4v) is 0.194. The van der Waals surface area contributed by atoms with E-state index >= 15 is 0 Å². The monoisotopic (exact) mass is 114 g/mol. The molecule has 0 spiro atoms. The van der Waals surface area contributed by atoms with Gasteiger partial charge in [-0.25, -0.2) is 4.79 Å². The van der Waals surface area contributed by atoms with Crippen molar-refractivity contribution in [2.24, 2.45) is 0 Å². The van der Waals surface area contributed by atoms with Gasteiger partial charge >= 0.3 is 5.82 Å². The molecule has 1 aromatic rings. The maximum atomic E-state index is 9.74. The average Bonchev–Trinajstić information content (AvgIpc) is 2.24. The first-order chi connectivity index (χ1) is 3.89. The Morgan fingerprint density at radius 2 is 1.62 bits per heavy atom. The molecule has 0 unspecified atom stereocenters. The van der Waals surface area contributed by atoms with Gasteiger partial charge in [-0.1, -0.05) is 0 Å². The van der Waals surface area contributed by atoms with E-state index in [9.17, 15) is 4.79 Å². The van der Waals surface area contributed by atoms with E-state index in [-0.39, 0.29) is 0 Å². The van der Waals surface area contributed by atoms with Crippen LogP contribution in [0, 0.1) is 0 Å². The second-order valence-electron chi connectivity index (χ2n) is 0.758. The van der Waals surface area contributed by atoms with Crippen molar-refractivity contribution in [3.8, 4) is 0 Å². The standard InChI is InChI=1S/C3H2O3.C2H4/c4-3-5-1-2-6-3;1-2/h1-2H;1-2H2. The van der Waals surface area contributed by atoms with Crippen LogP contribution in [0.5, 0.6) is 0 Å². The Bertz CT molecular complexity index is 157. The molecular weight excluding hydrogens is 108 g/mol. The van der Waals surface area contributed by atoms with E-state index in [1.807, 2.05) is 0 Å². The molecule has 0 N–H and O–H groups in total. The molecule has 0 aliphatic carbocycles. The molecule has 0 aromatic carbocycles. The highest BCUT2D eigenvalue weighted by atomic mass is 16.5. The molecule has 0 radical (unpaired) electrons. The van der Waals surface area contributed by atoms with Crippen LogP contribution in [-0.2, 0) is 0 Å². The zero-order chi connectivity index (χ0) is 6.41. The topological polar surface area (TPSA) is 43.4 Å². The van der Waals surface area contributed by atoms with Gasteiger partial charge in [-0.15, -0.1) is 13.2 Å². The van der Waals surface area contributed by atoms with Crippen molar-refractivity contribution < 1.29 is 8.83 Å². The van der Waals surface area contributed by atoms with Crippen molar-refractivity contribution in [1.29, 1.82) is 0 Å². The third-order valence-electron chi connectivity index (χ3n) is 0.384. The zero-order valence-electron chi connectivity index (χ0n) is 4.29. The predicted octanol–water partition coefficient (Wildman–Crippen LogP) is 1.03. The Kier molecular flexibility index (Phi) is 3.31. The first-order valence-electron chi connectivity index (χ1n) is 1.92. The summed E-state index contributed by atoms with van der Waals surface area (Å²) >= 11 is 0. The van der Waals surface area contributed by atoms with Crippen molar-refractivity contribution in [3.63, 3.8) is 0 Å². The summed E-state index contributed by atoms with van der Waals surface area (Å²) < 4.78 is 8.22. The average molecular weight is 114 g/mol. The number of hydrogen-bond acceptors (Lipinski definition) is 3. The molecule has 1 aromatic heterocycles. The third kappa shape index (κ3) is 2.02. The lowest BCUT2D eigenvalue weighted by Gasteiger charge is -1.49. The highest BCUT2D eigenvalue weighted by Crippen LogP contribution is 1.70. The van der Waals surface area contributed by atoms with Crippen molar-refractivity contribution in [2.45, 2.75) is 0 Å². The molecule has 0 aliphatic rings. The van der Waals surface area contributed by atoms with Crippen molar-refractivity contribution >= 4 is 0 Å². The lowest BCUT2D eigenvalue weighted by molar-refractivity contribution is 0.385. The molecule has 8 heavy (non-hydrogen) atoms. The Morgan fingerprint density at radius 3 is 1.75 bits per heavy atom. The molecule has 44 valence electrons. The van der Waals surface area contributed by atoms with Gasteiger partial charge < -0.3 is 8.83 Å². The zero-order valence-corrected chi connectivity index (χ0v) is 4.29. The normalized spacial score (nSPS) is 7.00. The highest BCUT2D eigenvalue weighted by molar-refractivity contribution is 4.49. The van der Waals surface area contributed by atoms with Crippen LogP contribution in [0.3, 0.4) is 0 Å². The minimum absolute atomic E-state index is 0.657. The Labute approximate surface area is 46.2 Å². The molecule has 0 atom stereocenters. The maximum Gasteiger partial charge on any atom is 0.518 e. The van der Waals surface area contributed by atoms with Gasteiger partial charge in [0.25, 0.3) is 0 Å². The van der Waals surface area contributed by atoms with Crippen molar-refractivity contribution in [2.75, 3.05) is 0 Å². The van der Waals surface area contributed by atoms with Crippen LogP contribution in [0.4, 0.5) is 0 Å². The highest BCUT2D eigenvalue weighted by Gasteiger charge is 1.77. The molecule has 1 rings (SSSR count). The van der Waals surface area contributed by atoms with Gasteiger partial charge in [0.15, 0.2) is 0 Å². The van der Waals surface area contributed by atoms with Crippen LogP contribution in [-0.4, -0.2) is 0 Å². The fraction of sp³-hybridized carbons (Fsp3) is 0. The van der Waals surface area contributed by atoms with E-state index in [1.54, 1.807) is 0 Å². The predicted molar refractivity (Wildman–Crippen MR) is 28.5 cm³/mol. The summed E-state index contributed by atoms with van der Waals surface area (Å²) in [6.45, 7) is 6.00. The van der Waals surface area contributed by atoms with Crippen LogP contribution < -0.4 is 5.82 Å². The van der Waals surface area contributed by atoms with Gasteiger partial charge in [-0.05, 0) is 0 Å². The van der Waals surface area contributed by atoms with E-state index in [0.29, 0.717) is 0 Å². The first kappa shape index (κ1) is 6.75. The van der Waals surface area contributed by atoms with Gasteiger partial charge in [0.2, 0.25) is 0 Å². The van der Waals surface area contributed by atoms with Gasteiger partial charge in [0.1, 0.15) is 12.5 Å². The lowest BCUT2D eigenvalue weighted by Crippen LogP contribution is -1.83. The SMILES string of the molecule is C=C.O=c1occo1. The van der Waals surface area contributed by atoms with E-state index in [2.05, 4.69) is 22.0 Å². The summed E-state index contributed by atoms with van der Waals surface area (Å²) in [7, 11) is 0. The van der Waals surface area contributed by atoms with Gasteiger partial charge in [-0.3, -0.25) is 0 Å². The smallest absolute Gasteiger partial charge is 0.399 e. The van der Waals surface area contributed by atoms with Crippen LogP contribution in [0.1, 0.15) is 0 Å². The Morgan fingerprint density at radius 1 is 1.25 bits per heavy atom. The molecule has 1 heterocycles. The van der Waals surface area contributed by atoms with E-state index < -0.39 is 5.82 Å². The lowest BCUT2D eigenvalue weighted by atomic mass is 11.1. The van der Waals surface area contributed by atoms with Crippen molar-refractivity contribution in [3.05, 3.63) is 36.3 Å². The summed E-state index contributed by atoms with van der Waals surface area (Å²) in [5, 5.41) is 0. The minimum atomic E-state index is -0.657. The summed E-state index contributed by atoms with van der Waals surface area (Å²) in [6.07, 6.45) is 2.37. The largest absolute Gasteiger partial charge is 0.518 e. The number of hydrogen-bond donors (Lipinski definition) is 0. The molecule has 0 amide bonds. The molecule has 3 heteroatoms.